The number of aliphatic carboxylic acids is 1. The van der Waals surface area contributed by atoms with Crippen molar-refractivity contribution in [3.05, 3.63) is 46.7 Å². The Balaban J connectivity index is 2.01. The Labute approximate surface area is 125 Å². The van der Waals surface area contributed by atoms with Gasteiger partial charge in [0.25, 0.3) is 5.91 Å². The highest BCUT2D eigenvalue weighted by atomic mass is 32.1. The fourth-order valence-corrected chi connectivity index (χ4v) is 2.69. The van der Waals surface area contributed by atoms with Gasteiger partial charge in [-0.3, -0.25) is 4.79 Å². The Morgan fingerprint density at radius 3 is 2.57 bits per heavy atom. The van der Waals surface area contributed by atoms with Crippen molar-refractivity contribution < 1.29 is 19.8 Å². The van der Waals surface area contributed by atoms with Gasteiger partial charge in [0.15, 0.2) is 6.10 Å². The number of thiophene rings is 1. The van der Waals surface area contributed by atoms with Crippen molar-refractivity contribution in [2.24, 2.45) is 0 Å². The number of aliphatic hydroxyl groups excluding tert-OH is 1. The molecule has 0 radical (unpaired) electrons. The van der Waals surface area contributed by atoms with E-state index in [1.165, 1.54) is 11.3 Å². The second kappa shape index (κ2) is 7.01. The topological polar surface area (TPSA) is 86.6 Å². The molecule has 0 aliphatic rings. The summed E-state index contributed by atoms with van der Waals surface area (Å²) >= 11 is 1.33. The van der Waals surface area contributed by atoms with Gasteiger partial charge in [0, 0.05) is 18.5 Å². The molecule has 1 aromatic carbocycles. The SMILES string of the molecule is O=C(NCC[C@H](O)C(=O)O)c1sccc1-c1ccccc1. The minimum Gasteiger partial charge on any atom is -0.479 e. The van der Waals surface area contributed by atoms with Crippen molar-refractivity contribution >= 4 is 23.2 Å². The van der Waals surface area contributed by atoms with E-state index in [4.69, 9.17) is 10.2 Å². The van der Waals surface area contributed by atoms with Gasteiger partial charge in [-0.15, -0.1) is 11.3 Å². The molecular formula is C15H15NO4S. The Morgan fingerprint density at radius 2 is 1.90 bits per heavy atom. The lowest BCUT2D eigenvalue weighted by atomic mass is 10.1. The summed E-state index contributed by atoms with van der Waals surface area (Å²) in [6.07, 6.45) is -1.48. The normalized spacial score (nSPS) is 11.9. The molecule has 0 unspecified atom stereocenters. The number of carbonyl (C=O) groups excluding carboxylic acids is 1. The molecule has 0 spiro atoms. The van der Waals surface area contributed by atoms with Crippen LogP contribution < -0.4 is 5.32 Å². The third kappa shape index (κ3) is 3.90. The first-order valence-electron chi connectivity index (χ1n) is 6.41. The van der Waals surface area contributed by atoms with Crippen molar-refractivity contribution in [3.8, 4) is 11.1 Å². The maximum absolute atomic E-state index is 12.1. The van der Waals surface area contributed by atoms with Gasteiger partial charge in [-0.25, -0.2) is 4.79 Å². The van der Waals surface area contributed by atoms with E-state index in [0.717, 1.165) is 11.1 Å². The summed E-state index contributed by atoms with van der Waals surface area (Å²) in [5.74, 6) is -1.55. The highest BCUT2D eigenvalue weighted by molar-refractivity contribution is 7.12. The third-order valence-corrected chi connectivity index (χ3v) is 3.86. The second-order valence-corrected chi connectivity index (χ2v) is 5.34. The van der Waals surface area contributed by atoms with Crippen molar-refractivity contribution in [3.63, 3.8) is 0 Å². The summed E-state index contributed by atoms with van der Waals surface area (Å²) in [7, 11) is 0. The predicted molar refractivity (Wildman–Crippen MR) is 80.3 cm³/mol. The minimum atomic E-state index is -1.46. The number of nitrogens with one attached hydrogen (secondary N) is 1. The fourth-order valence-electron chi connectivity index (χ4n) is 1.86. The first-order chi connectivity index (χ1) is 10.1. The number of hydrogen-bond donors (Lipinski definition) is 3. The highest BCUT2D eigenvalue weighted by Gasteiger charge is 2.16. The zero-order valence-electron chi connectivity index (χ0n) is 11.2. The summed E-state index contributed by atoms with van der Waals surface area (Å²) in [6.45, 7) is 0.110. The van der Waals surface area contributed by atoms with Gasteiger partial charge < -0.3 is 15.5 Å². The molecule has 0 aliphatic carbocycles. The number of benzene rings is 1. The second-order valence-electron chi connectivity index (χ2n) is 4.43. The molecule has 1 heterocycles. The van der Waals surface area contributed by atoms with E-state index >= 15 is 0 Å². The van der Waals surface area contributed by atoms with E-state index in [-0.39, 0.29) is 18.9 Å². The van der Waals surface area contributed by atoms with Crippen LogP contribution in [0.3, 0.4) is 0 Å². The monoisotopic (exact) mass is 305 g/mol. The van der Waals surface area contributed by atoms with Crippen LogP contribution >= 0.6 is 11.3 Å². The van der Waals surface area contributed by atoms with E-state index in [1.54, 1.807) is 0 Å². The molecule has 2 rings (SSSR count). The van der Waals surface area contributed by atoms with Crippen LogP contribution in [0.4, 0.5) is 0 Å². The van der Waals surface area contributed by atoms with Crippen LogP contribution in [0.5, 0.6) is 0 Å². The van der Waals surface area contributed by atoms with Crippen LogP contribution in [-0.2, 0) is 4.79 Å². The zero-order chi connectivity index (χ0) is 15.2. The van der Waals surface area contributed by atoms with Crippen LogP contribution in [0.15, 0.2) is 41.8 Å². The molecule has 0 aliphatic heterocycles. The van der Waals surface area contributed by atoms with E-state index in [2.05, 4.69) is 5.32 Å². The molecule has 1 aromatic heterocycles. The van der Waals surface area contributed by atoms with Crippen LogP contribution in [0, 0.1) is 0 Å². The third-order valence-electron chi connectivity index (χ3n) is 2.94. The van der Waals surface area contributed by atoms with Gasteiger partial charge in [-0.05, 0) is 17.0 Å². The first-order valence-corrected chi connectivity index (χ1v) is 7.29. The van der Waals surface area contributed by atoms with E-state index < -0.39 is 12.1 Å². The highest BCUT2D eigenvalue weighted by Crippen LogP contribution is 2.27. The van der Waals surface area contributed by atoms with Gasteiger partial charge in [-0.2, -0.15) is 0 Å². The average Bonchev–Trinajstić information content (AvgIpc) is 2.97. The molecule has 21 heavy (non-hydrogen) atoms. The molecule has 3 N–H and O–H groups in total. The summed E-state index contributed by atoms with van der Waals surface area (Å²) in [6, 6.07) is 11.4. The van der Waals surface area contributed by atoms with Crippen molar-refractivity contribution in [2.75, 3.05) is 6.54 Å². The Bertz CT molecular complexity index is 624. The smallest absolute Gasteiger partial charge is 0.332 e. The van der Waals surface area contributed by atoms with Crippen LogP contribution in [-0.4, -0.2) is 34.7 Å². The minimum absolute atomic E-state index is 0.0207. The number of aliphatic hydroxyl groups is 1. The van der Waals surface area contributed by atoms with E-state index in [1.807, 2.05) is 41.8 Å². The van der Waals surface area contributed by atoms with Crippen LogP contribution in [0.25, 0.3) is 11.1 Å². The van der Waals surface area contributed by atoms with Crippen molar-refractivity contribution in [1.82, 2.24) is 5.32 Å². The van der Waals surface area contributed by atoms with Gasteiger partial charge >= 0.3 is 5.97 Å². The molecule has 1 amide bonds. The Morgan fingerprint density at radius 1 is 1.19 bits per heavy atom. The summed E-state index contributed by atoms with van der Waals surface area (Å²) in [5.41, 5.74) is 1.80. The summed E-state index contributed by atoms with van der Waals surface area (Å²) in [4.78, 5) is 23.2. The lowest BCUT2D eigenvalue weighted by Gasteiger charge is -2.08. The number of carbonyl (C=O) groups is 2. The van der Waals surface area contributed by atoms with Gasteiger partial charge in [0.1, 0.15) is 0 Å². The Kier molecular flexibility index (Phi) is 5.08. The fraction of sp³-hybridized carbons (Fsp3) is 0.200. The van der Waals surface area contributed by atoms with Crippen LogP contribution in [0.1, 0.15) is 16.1 Å². The van der Waals surface area contributed by atoms with Gasteiger partial charge in [0.2, 0.25) is 0 Å². The predicted octanol–water partition coefficient (Wildman–Crippen LogP) is 1.98. The van der Waals surface area contributed by atoms with E-state index in [9.17, 15) is 9.59 Å². The summed E-state index contributed by atoms with van der Waals surface area (Å²) < 4.78 is 0. The molecule has 0 bridgehead atoms. The van der Waals surface area contributed by atoms with Gasteiger partial charge in [-0.1, -0.05) is 30.3 Å². The van der Waals surface area contributed by atoms with Crippen molar-refractivity contribution in [2.45, 2.75) is 12.5 Å². The molecule has 1 atom stereocenters. The van der Waals surface area contributed by atoms with Crippen molar-refractivity contribution in [1.29, 1.82) is 0 Å². The molecule has 0 saturated carbocycles. The number of carboxylic acids is 1. The number of hydrogen-bond acceptors (Lipinski definition) is 4. The average molecular weight is 305 g/mol. The standard InChI is InChI=1S/C15H15NO4S/c17-12(15(19)20)6-8-16-14(18)13-11(7-9-21-13)10-4-2-1-3-5-10/h1-5,7,9,12,17H,6,8H2,(H,16,18)(H,19,20)/t12-/m0/s1. The molecule has 0 saturated heterocycles. The molecule has 2 aromatic rings. The Hall–Kier alpha value is -2.18. The lowest BCUT2D eigenvalue weighted by Crippen LogP contribution is -2.29. The van der Waals surface area contributed by atoms with Crippen LogP contribution in [0.2, 0.25) is 0 Å². The molecule has 0 fully saturated rings. The number of carboxylic acid groups (broad SMARTS) is 1. The maximum atomic E-state index is 12.1. The quantitative estimate of drug-likeness (QED) is 0.761. The first kappa shape index (κ1) is 15.2. The zero-order valence-corrected chi connectivity index (χ0v) is 12.0. The maximum Gasteiger partial charge on any atom is 0.332 e. The molecule has 110 valence electrons. The lowest BCUT2D eigenvalue weighted by molar-refractivity contribution is -0.146. The largest absolute Gasteiger partial charge is 0.479 e. The molecular weight excluding hydrogens is 290 g/mol. The molecule has 5 nitrogen and oxygen atoms in total. The number of rotatable bonds is 6. The van der Waals surface area contributed by atoms with Gasteiger partial charge in [0.05, 0.1) is 4.88 Å². The molecule has 6 heteroatoms. The van der Waals surface area contributed by atoms with E-state index in [0.29, 0.717) is 4.88 Å². The number of amides is 1. The summed E-state index contributed by atoms with van der Waals surface area (Å²) in [5, 5.41) is 22.2.